The summed E-state index contributed by atoms with van der Waals surface area (Å²) in [5.74, 6) is 68.5. The van der Waals surface area contributed by atoms with Crippen LogP contribution in [0.5, 0.6) is 0 Å². The van der Waals surface area contributed by atoms with Gasteiger partial charge in [0.15, 0.2) is 0 Å². The third-order valence-electron chi connectivity index (χ3n) is 19.4. The predicted molar refractivity (Wildman–Crippen MR) is 553 cm³/mol. The van der Waals surface area contributed by atoms with Crippen LogP contribution in [0.4, 0.5) is 0 Å². The molecule has 0 unspecified atom stereocenters. The van der Waals surface area contributed by atoms with Crippen LogP contribution in [0.2, 0.25) is 0 Å². The fourth-order valence-corrected chi connectivity index (χ4v) is 8.63. The van der Waals surface area contributed by atoms with Crippen molar-refractivity contribution in [2.24, 2.45) is 27.1 Å². The largest absolute Gasteiger partial charge is 0.460 e. The summed E-state index contributed by atoms with van der Waals surface area (Å²) in [6, 6.07) is 8.49. The van der Waals surface area contributed by atoms with Gasteiger partial charge in [0.2, 0.25) is 17.7 Å². The lowest BCUT2D eigenvalue weighted by Gasteiger charge is -2.25. The molecule has 732 valence electrons. The van der Waals surface area contributed by atoms with Crippen LogP contribution in [0.3, 0.4) is 0 Å². The Balaban J connectivity index is -0.000000360. The van der Waals surface area contributed by atoms with E-state index in [1.807, 2.05) is 146 Å². The minimum Gasteiger partial charge on any atom is -0.460 e. The SMILES string of the molecule is C#CC#CC#CC#CC#CC#CC#CC#CC#CC#CC#CC#CC#CC#CC#C.CCC(C)(C)CCNC(=O)COC(C)(C)C.CCC(C)(C)CCOCCCC(=O)OC(C)(C)C.CCC(C)(C)Cc1ccc(CNC(=O)COC(C)(C)C)cc1.CNC(C)(C)CCC(=O)C(C)(C)C.CNC(C)(C)CCCCC(=O)C(C)(C)C.CNC(C)(C)CCOCCNC(=O)COC(C)(C)C. The lowest BCUT2D eigenvalue weighted by atomic mass is 9.83. The van der Waals surface area contributed by atoms with Crippen molar-refractivity contribution in [3.63, 3.8) is 0 Å². The molecule has 6 N–H and O–H groups in total. The number of rotatable bonds is 40. The Morgan fingerprint density at radius 1 is 0.308 bits per heavy atom. The van der Waals surface area contributed by atoms with Gasteiger partial charge in [-0.15, -0.1) is 12.8 Å². The Morgan fingerprint density at radius 3 is 0.955 bits per heavy atom. The van der Waals surface area contributed by atoms with Crippen LogP contribution >= 0.6 is 0 Å². The van der Waals surface area contributed by atoms with Crippen molar-refractivity contribution >= 4 is 35.3 Å². The van der Waals surface area contributed by atoms with Gasteiger partial charge in [0, 0.05) is 157 Å². The minimum atomic E-state index is -0.386. The number of hydrogen-bond acceptors (Lipinski definition) is 15. The molecule has 0 fully saturated rings. The number of Topliss-reactive ketones (excluding diaryl/α,β-unsaturated/α-hetero) is 2. The molecular formula is C115H170N6O12. The van der Waals surface area contributed by atoms with E-state index in [4.69, 9.17) is 41.3 Å². The Hall–Kier alpha value is -10.5. The number of unbranched alkanes of at least 4 members (excludes halogenated alkanes) is 1. The molecule has 1 rings (SSSR count). The molecule has 0 spiro atoms. The second-order valence-electron chi connectivity index (χ2n) is 41.4. The number of esters is 1. The normalized spacial score (nSPS) is 10.6. The topological polar surface area (TPSA) is 230 Å². The molecule has 18 nitrogen and oxygen atoms in total. The number of benzene rings is 1. The van der Waals surface area contributed by atoms with Crippen molar-refractivity contribution in [2.75, 3.05) is 80.5 Å². The van der Waals surface area contributed by atoms with Gasteiger partial charge < -0.3 is 60.3 Å². The first-order valence-corrected chi connectivity index (χ1v) is 46.1. The monoisotopic (exact) mass is 1830 g/mol. The summed E-state index contributed by atoms with van der Waals surface area (Å²) in [4.78, 5) is 69.2. The van der Waals surface area contributed by atoms with Crippen LogP contribution in [-0.4, -0.2) is 155 Å². The van der Waals surface area contributed by atoms with Gasteiger partial charge >= 0.3 is 5.97 Å². The average molecular weight is 1830 g/mol. The molecule has 0 aliphatic heterocycles. The Morgan fingerprint density at radius 2 is 0.617 bits per heavy atom. The van der Waals surface area contributed by atoms with E-state index in [1.165, 1.54) is 12.0 Å². The second-order valence-corrected chi connectivity index (χ2v) is 41.4. The van der Waals surface area contributed by atoms with E-state index in [0.29, 0.717) is 73.6 Å². The van der Waals surface area contributed by atoms with Crippen molar-refractivity contribution in [1.82, 2.24) is 31.9 Å². The standard InChI is InChI=1S/C30H2.C19H31NO2.C15H30O3.C14H30N2O3.C13H27NO2.C13H27NO.C11H23NO/c1-3-5-7-9-11-13-15-17-19-21-23-25-27-29-30-28-26-24-22-20-18-16-14-12-10-8-6-4-2;1-7-19(5,6)12-15-8-10-16(11-9-15)13-20-17(21)14-22-18(2,3)4;1-7-15(5,6)10-12-17-11-8-9-13(16)18-14(2,3)4;1-13(2,3)19-11-12(17)16-8-10-18-9-7-14(4,5)15-6;1-7-13(5,6)8-9-14-11(15)10-16-12(2,3)4;1-12(2,3)11(15)9-7-8-10-13(4,5)14-6;1-10(2,3)9(13)7-8-11(4,5)12-6/h1-2H;8-11H,7,12-14H2,1-6H3,(H,20,21);7-12H2,1-6H3;15H,7-11H2,1-6H3,(H,16,17);7-10H2,1-6H3,(H,14,15);14H,7-10H2,1-6H3;12H,7-8H2,1-6H3. The van der Waals surface area contributed by atoms with Gasteiger partial charge in [0.25, 0.3) is 0 Å². The summed E-state index contributed by atoms with van der Waals surface area (Å²) < 4.78 is 32.4. The van der Waals surface area contributed by atoms with Crippen LogP contribution in [0, 0.1) is 206 Å². The number of carbonyl (C=O) groups is 6. The fourth-order valence-electron chi connectivity index (χ4n) is 8.63. The molecule has 3 amide bonds. The quantitative estimate of drug-likeness (QED) is 0.0204. The summed E-state index contributed by atoms with van der Waals surface area (Å²) in [5, 5.41) is 18.2. The Kier molecular flexibility index (Phi) is 74.1. The molecule has 1 aromatic carbocycles. The zero-order chi connectivity index (χ0) is 103. The third kappa shape index (κ3) is 102. The minimum absolute atomic E-state index is 0.0261. The third-order valence-corrected chi connectivity index (χ3v) is 19.4. The second kappa shape index (κ2) is 73.9. The van der Waals surface area contributed by atoms with Crippen LogP contribution in [0.25, 0.3) is 0 Å². The van der Waals surface area contributed by atoms with Crippen molar-refractivity contribution < 1.29 is 57.2 Å². The molecule has 133 heavy (non-hydrogen) atoms. The van der Waals surface area contributed by atoms with Gasteiger partial charge in [-0.25, -0.2) is 0 Å². The average Bonchev–Trinajstić information content (AvgIpc) is 0.877. The van der Waals surface area contributed by atoms with E-state index in [1.54, 1.807) is 0 Å². The zero-order valence-electron chi connectivity index (χ0n) is 89.0. The van der Waals surface area contributed by atoms with Crippen LogP contribution < -0.4 is 31.9 Å². The summed E-state index contributed by atoms with van der Waals surface area (Å²) in [7, 11) is 5.86. The molecule has 18 heteroatoms. The van der Waals surface area contributed by atoms with Gasteiger partial charge in [-0.05, 0) is 319 Å². The highest BCUT2D eigenvalue weighted by atomic mass is 16.6. The highest BCUT2D eigenvalue weighted by Crippen LogP contribution is 2.28. The zero-order valence-corrected chi connectivity index (χ0v) is 89.0. The molecule has 0 aromatic heterocycles. The van der Waals surface area contributed by atoms with Crippen LogP contribution in [0.1, 0.15) is 330 Å². The smallest absolute Gasteiger partial charge is 0.306 e. The first kappa shape index (κ1) is 133. The molecule has 0 atom stereocenters. The molecule has 0 saturated heterocycles. The van der Waals surface area contributed by atoms with E-state index < -0.39 is 0 Å². The Labute approximate surface area is 811 Å². The Bertz CT molecular complexity index is 4480. The van der Waals surface area contributed by atoms with Gasteiger partial charge in [-0.2, -0.15) is 0 Å². The maximum absolute atomic E-state index is 11.7. The molecular weight excluding hydrogens is 1660 g/mol. The number of ether oxygens (including phenoxy) is 6. The van der Waals surface area contributed by atoms with E-state index >= 15 is 0 Å². The lowest BCUT2D eigenvalue weighted by Crippen LogP contribution is -2.37. The summed E-state index contributed by atoms with van der Waals surface area (Å²) >= 11 is 0. The molecule has 0 radical (unpaired) electrons. The maximum atomic E-state index is 11.7. The van der Waals surface area contributed by atoms with E-state index in [9.17, 15) is 28.8 Å². The van der Waals surface area contributed by atoms with Gasteiger partial charge in [0.1, 0.15) is 37.0 Å². The van der Waals surface area contributed by atoms with Crippen molar-refractivity contribution in [1.29, 1.82) is 0 Å². The van der Waals surface area contributed by atoms with E-state index in [-0.39, 0.29) is 93.4 Å². The van der Waals surface area contributed by atoms with E-state index in [2.05, 4.69) is 326 Å². The summed E-state index contributed by atoms with van der Waals surface area (Å²) in [5.41, 5.74) is 2.24. The molecule has 0 aliphatic carbocycles. The highest BCUT2D eigenvalue weighted by Gasteiger charge is 2.26. The summed E-state index contributed by atoms with van der Waals surface area (Å²) in [6.07, 6.45) is 24.1. The van der Waals surface area contributed by atoms with Crippen molar-refractivity contribution in [3.05, 3.63) is 35.4 Å². The first-order chi connectivity index (χ1) is 61.4. The molecule has 0 heterocycles. The highest BCUT2D eigenvalue weighted by molar-refractivity contribution is 5.84. The molecule has 0 saturated carbocycles. The molecule has 0 bridgehead atoms. The maximum Gasteiger partial charge on any atom is 0.306 e. The van der Waals surface area contributed by atoms with Crippen LogP contribution in [-0.2, 0) is 70.2 Å². The lowest BCUT2D eigenvalue weighted by molar-refractivity contribution is -0.155. The molecule has 0 aliphatic rings. The number of terminal acetylenes is 2. The van der Waals surface area contributed by atoms with Gasteiger partial charge in [0.05, 0.1) is 23.4 Å². The predicted octanol–water partition coefficient (Wildman–Crippen LogP) is 18.0. The van der Waals surface area contributed by atoms with Gasteiger partial charge in [-0.3, -0.25) is 28.8 Å². The van der Waals surface area contributed by atoms with E-state index in [0.717, 1.165) is 95.8 Å². The number of carbonyl (C=O) groups excluding carboxylic acids is 6. The fraction of sp³-hybridized carbons (Fsp3) is 0.635. The van der Waals surface area contributed by atoms with Gasteiger partial charge in [-0.1, -0.05) is 154 Å². The van der Waals surface area contributed by atoms with Crippen molar-refractivity contribution in [3.8, 4) is 179 Å². The summed E-state index contributed by atoms with van der Waals surface area (Å²) in [6.45, 7) is 72.7. The number of ketones is 2. The number of amides is 3. The number of nitrogens with one attached hydrogen (secondary N) is 6. The van der Waals surface area contributed by atoms with Crippen LogP contribution in [0.15, 0.2) is 24.3 Å². The molecule has 1 aromatic rings. The first-order valence-electron chi connectivity index (χ1n) is 46.1. The van der Waals surface area contributed by atoms with Crippen molar-refractivity contribution in [2.45, 2.75) is 370 Å². The number of hydrogen-bond donors (Lipinski definition) is 6.